The van der Waals surface area contributed by atoms with Crippen LogP contribution in [0.15, 0.2) is 30.3 Å². The highest BCUT2D eigenvalue weighted by Gasteiger charge is 2.36. The number of carbonyl (C=O) groups is 3. The van der Waals surface area contributed by atoms with E-state index in [1.54, 1.807) is 12.1 Å². The van der Waals surface area contributed by atoms with Crippen molar-refractivity contribution in [3.05, 3.63) is 46.3 Å². The molecular formula is C22H26N2O4S. The van der Waals surface area contributed by atoms with Gasteiger partial charge < -0.3 is 15.7 Å². The fourth-order valence-electron chi connectivity index (χ4n) is 3.99. The molecule has 6 nitrogen and oxygen atoms in total. The molecule has 29 heavy (non-hydrogen) atoms. The molecule has 1 aliphatic rings. The molecule has 0 radical (unpaired) electrons. The van der Waals surface area contributed by atoms with E-state index in [2.05, 4.69) is 10.6 Å². The number of hydrogen-bond acceptors (Lipinski definition) is 4. The number of nitrogens with one attached hydrogen (secondary N) is 2. The molecule has 1 aromatic heterocycles. The Hall–Kier alpha value is -2.67. The molecule has 0 unspecified atom stereocenters. The van der Waals surface area contributed by atoms with Crippen LogP contribution in [0.25, 0.3) is 0 Å². The van der Waals surface area contributed by atoms with Gasteiger partial charge in [-0.15, -0.1) is 11.3 Å². The monoisotopic (exact) mass is 414 g/mol. The number of aryl methyl sites for hydroxylation is 1. The summed E-state index contributed by atoms with van der Waals surface area (Å²) in [6.07, 6.45) is 3.39. The molecule has 1 fully saturated rings. The van der Waals surface area contributed by atoms with Crippen LogP contribution in [0.3, 0.4) is 0 Å². The van der Waals surface area contributed by atoms with Crippen molar-refractivity contribution < 1.29 is 19.5 Å². The number of amides is 2. The molecule has 0 spiro atoms. The van der Waals surface area contributed by atoms with Crippen LogP contribution in [0.2, 0.25) is 0 Å². The number of anilines is 2. The first kappa shape index (κ1) is 21.0. The van der Waals surface area contributed by atoms with E-state index in [4.69, 9.17) is 0 Å². The van der Waals surface area contributed by atoms with E-state index in [1.165, 1.54) is 11.3 Å². The van der Waals surface area contributed by atoms with Crippen LogP contribution in [0, 0.1) is 18.8 Å². The Morgan fingerprint density at radius 3 is 2.34 bits per heavy atom. The SMILES string of the molecule is CCc1c(C)sc(NC(=O)[C@@H]2CCCC[C@@H]2C(=O)O)c1C(=O)Nc1ccccc1. The third-order valence-electron chi connectivity index (χ3n) is 5.48. The zero-order valence-corrected chi connectivity index (χ0v) is 17.5. The highest BCUT2D eigenvalue weighted by atomic mass is 32.1. The molecule has 3 rings (SSSR count). The van der Waals surface area contributed by atoms with Gasteiger partial charge >= 0.3 is 5.97 Å². The van der Waals surface area contributed by atoms with Gasteiger partial charge in [0.1, 0.15) is 5.00 Å². The fourth-order valence-corrected chi connectivity index (χ4v) is 5.14. The van der Waals surface area contributed by atoms with Crippen molar-refractivity contribution in [3.8, 4) is 0 Å². The molecule has 1 aliphatic carbocycles. The van der Waals surface area contributed by atoms with E-state index in [1.807, 2.05) is 32.0 Å². The van der Waals surface area contributed by atoms with Crippen molar-refractivity contribution >= 4 is 39.8 Å². The average molecular weight is 415 g/mol. The molecular weight excluding hydrogens is 388 g/mol. The van der Waals surface area contributed by atoms with Gasteiger partial charge in [0.15, 0.2) is 0 Å². The first-order valence-electron chi connectivity index (χ1n) is 9.94. The minimum Gasteiger partial charge on any atom is -0.481 e. The maximum Gasteiger partial charge on any atom is 0.307 e. The normalized spacial score (nSPS) is 18.8. The predicted octanol–water partition coefficient (Wildman–Crippen LogP) is 4.70. The summed E-state index contributed by atoms with van der Waals surface area (Å²) in [5.74, 6) is -2.75. The van der Waals surface area contributed by atoms with Crippen molar-refractivity contribution in [1.82, 2.24) is 0 Å². The van der Waals surface area contributed by atoms with Gasteiger partial charge in [-0.25, -0.2) is 0 Å². The maximum absolute atomic E-state index is 13.0. The van der Waals surface area contributed by atoms with Gasteiger partial charge in [0.25, 0.3) is 5.91 Å². The molecule has 7 heteroatoms. The van der Waals surface area contributed by atoms with E-state index in [9.17, 15) is 19.5 Å². The summed E-state index contributed by atoms with van der Waals surface area (Å²) in [4.78, 5) is 38.5. The Morgan fingerprint density at radius 2 is 1.72 bits per heavy atom. The van der Waals surface area contributed by atoms with Crippen molar-refractivity contribution in [3.63, 3.8) is 0 Å². The summed E-state index contributed by atoms with van der Waals surface area (Å²) in [5, 5.41) is 15.7. The zero-order chi connectivity index (χ0) is 21.0. The van der Waals surface area contributed by atoms with Crippen molar-refractivity contribution in [2.75, 3.05) is 10.6 Å². The van der Waals surface area contributed by atoms with Gasteiger partial charge in [-0.1, -0.05) is 38.0 Å². The Kier molecular flexibility index (Phi) is 6.69. The third-order valence-corrected chi connectivity index (χ3v) is 6.54. The summed E-state index contributed by atoms with van der Waals surface area (Å²) in [7, 11) is 0. The Labute approximate surface area is 174 Å². The van der Waals surface area contributed by atoms with E-state index in [-0.39, 0.29) is 11.8 Å². The van der Waals surface area contributed by atoms with Gasteiger partial charge in [-0.2, -0.15) is 0 Å². The second kappa shape index (κ2) is 9.22. The highest BCUT2D eigenvalue weighted by Crippen LogP contribution is 2.36. The van der Waals surface area contributed by atoms with E-state index >= 15 is 0 Å². The van der Waals surface area contributed by atoms with Crippen LogP contribution in [0.5, 0.6) is 0 Å². The maximum atomic E-state index is 13.0. The lowest BCUT2D eigenvalue weighted by Gasteiger charge is -2.27. The summed E-state index contributed by atoms with van der Waals surface area (Å²) in [6, 6.07) is 9.16. The fraction of sp³-hybridized carbons (Fsp3) is 0.409. The lowest BCUT2D eigenvalue weighted by molar-refractivity contribution is -0.147. The molecule has 2 amide bonds. The van der Waals surface area contributed by atoms with Crippen molar-refractivity contribution in [2.45, 2.75) is 46.0 Å². The van der Waals surface area contributed by atoms with Crippen LogP contribution in [0.1, 0.15) is 53.4 Å². The predicted molar refractivity (Wildman–Crippen MR) is 115 cm³/mol. The van der Waals surface area contributed by atoms with Gasteiger partial charge in [0, 0.05) is 10.6 Å². The molecule has 3 N–H and O–H groups in total. The number of para-hydroxylation sites is 1. The number of hydrogen-bond donors (Lipinski definition) is 3. The minimum atomic E-state index is -0.927. The first-order chi connectivity index (χ1) is 13.9. The van der Waals surface area contributed by atoms with Crippen LogP contribution in [0.4, 0.5) is 10.7 Å². The molecule has 154 valence electrons. The van der Waals surface area contributed by atoms with E-state index in [0.29, 0.717) is 35.5 Å². The van der Waals surface area contributed by atoms with E-state index < -0.39 is 17.8 Å². The Bertz CT molecular complexity index is 907. The number of carbonyl (C=O) groups excluding carboxylic acids is 2. The molecule has 1 saturated carbocycles. The smallest absolute Gasteiger partial charge is 0.307 e. The second-order valence-corrected chi connectivity index (χ2v) is 8.56. The van der Waals surface area contributed by atoms with Crippen LogP contribution in [-0.4, -0.2) is 22.9 Å². The topological polar surface area (TPSA) is 95.5 Å². The lowest BCUT2D eigenvalue weighted by atomic mass is 9.79. The molecule has 1 aromatic carbocycles. The number of aliphatic carboxylic acids is 1. The van der Waals surface area contributed by atoms with Crippen molar-refractivity contribution in [2.24, 2.45) is 11.8 Å². The van der Waals surface area contributed by atoms with Crippen molar-refractivity contribution in [1.29, 1.82) is 0 Å². The molecule has 2 aromatic rings. The third kappa shape index (κ3) is 4.67. The molecule has 0 bridgehead atoms. The number of thiophene rings is 1. The molecule has 2 atom stereocenters. The summed E-state index contributed by atoms with van der Waals surface area (Å²) >= 11 is 1.37. The number of benzene rings is 1. The van der Waals surface area contributed by atoms with Gasteiger partial charge in [0.2, 0.25) is 5.91 Å². The van der Waals surface area contributed by atoms with Crippen LogP contribution in [-0.2, 0) is 16.0 Å². The summed E-state index contributed by atoms with van der Waals surface area (Å²) in [5.41, 5.74) is 2.05. The zero-order valence-electron chi connectivity index (χ0n) is 16.7. The Morgan fingerprint density at radius 1 is 1.07 bits per heavy atom. The van der Waals surface area contributed by atoms with Gasteiger partial charge in [0.05, 0.1) is 17.4 Å². The summed E-state index contributed by atoms with van der Waals surface area (Å²) in [6.45, 7) is 3.90. The number of carboxylic acid groups (broad SMARTS) is 1. The van der Waals surface area contributed by atoms with E-state index in [0.717, 1.165) is 23.3 Å². The Balaban J connectivity index is 1.86. The van der Waals surface area contributed by atoms with Crippen LogP contribution < -0.4 is 10.6 Å². The lowest BCUT2D eigenvalue weighted by Crippen LogP contribution is -2.36. The average Bonchev–Trinajstić information content (AvgIpc) is 3.03. The second-order valence-electron chi connectivity index (χ2n) is 7.34. The largest absolute Gasteiger partial charge is 0.481 e. The first-order valence-corrected chi connectivity index (χ1v) is 10.8. The van der Waals surface area contributed by atoms with Gasteiger partial charge in [-0.3, -0.25) is 14.4 Å². The molecule has 0 saturated heterocycles. The highest BCUT2D eigenvalue weighted by molar-refractivity contribution is 7.16. The minimum absolute atomic E-state index is 0.272. The molecule has 1 heterocycles. The van der Waals surface area contributed by atoms with Gasteiger partial charge in [-0.05, 0) is 43.9 Å². The number of carboxylic acids is 1. The summed E-state index contributed by atoms with van der Waals surface area (Å²) < 4.78 is 0. The molecule has 0 aliphatic heterocycles. The quantitative estimate of drug-likeness (QED) is 0.638. The standard InChI is InChI=1S/C22H26N2O4S/c1-3-15-13(2)29-21(18(15)20(26)23-14-9-5-4-6-10-14)24-19(25)16-11-7-8-12-17(16)22(27)28/h4-6,9-10,16-17H,3,7-8,11-12H2,1-2H3,(H,23,26)(H,24,25)(H,27,28)/t16-,17+/m1/s1. The number of rotatable bonds is 6. The van der Waals surface area contributed by atoms with Crippen LogP contribution >= 0.6 is 11.3 Å².